The Kier molecular flexibility index (Phi) is 2.05. The highest BCUT2D eigenvalue weighted by Crippen LogP contribution is 2.28. The number of aromatic amines is 1. The Morgan fingerprint density at radius 1 is 1.35 bits per heavy atom. The summed E-state index contributed by atoms with van der Waals surface area (Å²) in [5.41, 5.74) is 1.33. The molecule has 0 bridgehead atoms. The molecule has 0 aliphatic carbocycles. The smallest absolute Gasteiger partial charge is 0.157 e. The summed E-state index contributed by atoms with van der Waals surface area (Å²) in [5.74, 6) is 3.07. The van der Waals surface area contributed by atoms with Crippen LogP contribution in [-0.2, 0) is 13.0 Å². The van der Waals surface area contributed by atoms with Gasteiger partial charge in [-0.05, 0) is 11.5 Å². The minimum atomic E-state index is 0.213. The van der Waals surface area contributed by atoms with E-state index in [-0.39, 0.29) is 5.41 Å². The number of nitrogens with zero attached hydrogens (tertiary/aromatic N) is 3. The first-order chi connectivity index (χ1) is 8.04. The number of H-pyrrole nitrogens is 1. The van der Waals surface area contributed by atoms with Crippen LogP contribution in [0.15, 0.2) is 12.3 Å². The maximum absolute atomic E-state index is 4.32. The van der Waals surface area contributed by atoms with E-state index in [9.17, 15) is 0 Å². The van der Waals surface area contributed by atoms with Crippen molar-refractivity contribution in [2.45, 2.75) is 33.7 Å². The van der Waals surface area contributed by atoms with Gasteiger partial charge in [0.1, 0.15) is 11.6 Å². The SMILES string of the molecule is CC(C)(C)Cc1nnc2n1-c1cc[nH]c1NC2. The largest absolute Gasteiger partial charge is 0.363 e. The molecule has 0 saturated heterocycles. The molecule has 2 aromatic rings. The van der Waals surface area contributed by atoms with Gasteiger partial charge in [0.05, 0.1) is 12.2 Å². The van der Waals surface area contributed by atoms with E-state index in [1.807, 2.05) is 6.20 Å². The number of nitrogens with one attached hydrogen (secondary N) is 2. The van der Waals surface area contributed by atoms with Crippen molar-refractivity contribution in [2.75, 3.05) is 5.32 Å². The molecule has 2 N–H and O–H groups in total. The van der Waals surface area contributed by atoms with E-state index in [0.29, 0.717) is 0 Å². The Bertz CT molecular complexity index is 543. The Morgan fingerprint density at radius 2 is 2.18 bits per heavy atom. The van der Waals surface area contributed by atoms with Crippen molar-refractivity contribution < 1.29 is 0 Å². The number of aromatic nitrogens is 4. The molecule has 1 aliphatic heterocycles. The van der Waals surface area contributed by atoms with E-state index in [2.05, 4.69) is 51.9 Å². The average molecular weight is 231 g/mol. The topological polar surface area (TPSA) is 58.5 Å². The standard InChI is InChI=1S/C12H17N5/c1-12(2,3)6-9-15-16-10-7-14-11-8(17(9)10)4-5-13-11/h4-5,13-14H,6-7H2,1-3H3. The summed E-state index contributed by atoms with van der Waals surface area (Å²) >= 11 is 0. The van der Waals surface area contributed by atoms with Gasteiger partial charge in [-0.1, -0.05) is 20.8 Å². The Hall–Kier alpha value is -1.78. The summed E-state index contributed by atoms with van der Waals surface area (Å²) < 4.78 is 2.16. The van der Waals surface area contributed by atoms with Crippen LogP contribution in [0.2, 0.25) is 0 Å². The molecule has 1 aliphatic rings. The number of hydrogen-bond donors (Lipinski definition) is 2. The minimum Gasteiger partial charge on any atom is -0.363 e. The second kappa shape index (κ2) is 3.35. The van der Waals surface area contributed by atoms with Gasteiger partial charge < -0.3 is 10.3 Å². The number of fused-ring (bicyclic) bond motifs is 3. The first-order valence-electron chi connectivity index (χ1n) is 5.89. The molecule has 0 fully saturated rings. The van der Waals surface area contributed by atoms with Gasteiger partial charge in [-0.2, -0.15) is 0 Å². The van der Waals surface area contributed by atoms with Crippen LogP contribution in [0.5, 0.6) is 0 Å². The van der Waals surface area contributed by atoms with Crippen LogP contribution in [-0.4, -0.2) is 19.7 Å². The molecule has 5 nitrogen and oxygen atoms in total. The van der Waals surface area contributed by atoms with Gasteiger partial charge in [-0.3, -0.25) is 4.57 Å². The molecule has 0 unspecified atom stereocenters. The number of anilines is 1. The van der Waals surface area contributed by atoms with E-state index in [0.717, 1.165) is 36.1 Å². The van der Waals surface area contributed by atoms with Gasteiger partial charge >= 0.3 is 0 Å². The minimum absolute atomic E-state index is 0.213. The normalized spacial score (nSPS) is 14.1. The van der Waals surface area contributed by atoms with Crippen molar-refractivity contribution in [1.82, 2.24) is 19.7 Å². The summed E-state index contributed by atoms with van der Waals surface area (Å²) in [4.78, 5) is 3.19. The molecule has 2 aromatic heterocycles. The number of rotatable bonds is 1. The second-order valence-electron chi connectivity index (χ2n) is 5.70. The van der Waals surface area contributed by atoms with Crippen LogP contribution in [0.1, 0.15) is 32.4 Å². The van der Waals surface area contributed by atoms with Crippen LogP contribution in [0.4, 0.5) is 5.82 Å². The van der Waals surface area contributed by atoms with Gasteiger partial charge in [-0.25, -0.2) is 0 Å². The van der Waals surface area contributed by atoms with Gasteiger partial charge in [0.25, 0.3) is 0 Å². The maximum atomic E-state index is 4.32. The molecular formula is C12H17N5. The quantitative estimate of drug-likeness (QED) is 0.790. The highest BCUT2D eigenvalue weighted by atomic mass is 15.3. The van der Waals surface area contributed by atoms with E-state index in [1.54, 1.807) is 0 Å². The van der Waals surface area contributed by atoms with Gasteiger partial charge in [0.15, 0.2) is 5.82 Å². The fraction of sp³-hybridized carbons (Fsp3) is 0.500. The molecule has 0 spiro atoms. The summed E-state index contributed by atoms with van der Waals surface area (Å²) in [6.07, 6.45) is 2.86. The van der Waals surface area contributed by atoms with Gasteiger partial charge in [0.2, 0.25) is 0 Å². The van der Waals surface area contributed by atoms with Crippen molar-refractivity contribution in [3.05, 3.63) is 23.9 Å². The molecule has 5 heteroatoms. The zero-order valence-corrected chi connectivity index (χ0v) is 10.4. The van der Waals surface area contributed by atoms with E-state index < -0.39 is 0 Å². The van der Waals surface area contributed by atoms with Crippen molar-refractivity contribution in [1.29, 1.82) is 0 Å². The molecule has 0 amide bonds. The molecule has 0 radical (unpaired) electrons. The van der Waals surface area contributed by atoms with E-state index in [4.69, 9.17) is 0 Å². The van der Waals surface area contributed by atoms with Crippen molar-refractivity contribution in [3.63, 3.8) is 0 Å². The highest BCUT2D eigenvalue weighted by Gasteiger charge is 2.24. The Morgan fingerprint density at radius 3 is 2.94 bits per heavy atom. The lowest BCUT2D eigenvalue weighted by Gasteiger charge is -2.21. The summed E-state index contributed by atoms with van der Waals surface area (Å²) in [7, 11) is 0. The number of hydrogen-bond acceptors (Lipinski definition) is 3. The lowest BCUT2D eigenvalue weighted by atomic mass is 9.92. The van der Waals surface area contributed by atoms with Crippen molar-refractivity contribution >= 4 is 5.82 Å². The zero-order chi connectivity index (χ0) is 12.0. The summed E-state index contributed by atoms with van der Waals surface area (Å²) in [6, 6.07) is 2.06. The van der Waals surface area contributed by atoms with Gasteiger partial charge in [-0.15, -0.1) is 10.2 Å². The first-order valence-corrected chi connectivity index (χ1v) is 5.89. The van der Waals surface area contributed by atoms with Gasteiger partial charge in [0, 0.05) is 12.6 Å². The first kappa shape index (κ1) is 10.4. The molecule has 17 heavy (non-hydrogen) atoms. The third-order valence-electron chi connectivity index (χ3n) is 2.87. The summed E-state index contributed by atoms with van der Waals surface area (Å²) in [6.45, 7) is 7.37. The lowest BCUT2D eigenvalue weighted by Crippen LogP contribution is -2.19. The van der Waals surface area contributed by atoms with Crippen LogP contribution < -0.4 is 5.32 Å². The molecular weight excluding hydrogens is 214 g/mol. The molecule has 0 aromatic carbocycles. The fourth-order valence-corrected chi connectivity index (χ4v) is 2.19. The Balaban J connectivity index is 2.08. The second-order valence-corrected chi connectivity index (χ2v) is 5.70. The third kappa shape index (κ3) is 1.71. The van der Waals surface area contributed by atoms with E-state index >= 15 is 0 Å². The third-order valence-corrected chi connectivity index (χ3v) is 2.87. The monoisotopic (exact) mass is 231 g/mol. The fourth-order valence-electron chi connectivity index (χ4n) is 2.19. The van der Waals surface area contributed by atoms with Crippen molar-refractivity contribution in [2.24, 2.45) is 5.41 Å². The van der Waals surface area contributed by atoms with Crippen LogP contribution >= 0.6 is 0 Å². The van der Waals surface area contributed by atoms with Crippen LogP contribution in [0.25, 0.3) is 5.69 Å². The predicted molar refractivity (Wildman–Crippen MR) is 66.2 cm³/mol. The molecule has 3 rings (SSSR count). The Labute approximate surface area is 100 Å². The molecule has 90 valence electrons. The van der Waals surface area contributed by atoms with Crippen LogP contribution in [0.3, 0.4) is 0 Å². The van der Waals surface area contributed by atoms with Crippen LogP contribution in [0, 0.1) is 5.41 Å². The predicted octanol–water partition coefficient (Wildman–Crippen LogP) is 2.11. The van der Waals surface area contributed by atoms with E-state index in [1.165, 1.54) is 0 Å². The average Bonchev–Trinajstić information content (AvgIpc) is 2.80. The molecule has 0 atom stereocenters. The molecule has 3 heterocycles. The molecule has 0 saturated carbocycles. The maximum Gasteiger partial charge on any atom is 0.157 e. The van der Waals surface area contributed by atoms with Crippen molar-refractivity contribution in [3.8, 4) is 5.69 Å². The lowest BCUT2D eigenvalue weighted by molar-refractivity contribution is 0.397. The highest BCUT2D eigenvalue weighted by molar-refractivity contribution is 5.59. The summed E-state index contributed by atoms with van der Waals surface area (Å²) in [5, 5.41) is 11.9. The zero-order valence-electron chi connectivity index (χ0n) is 10.4.